The Morgan fingerprint density at radius 3 is 2.22 bits per heavy atom. The molecule has 0 aliphatic heterocycles. The summed E-state index contributed by atoms with van der Waals surface area (Å²) in [6.07, 6.45) is 1.83. The number of nitrogens with one attached hydrogen (secondary N) is 1. The molecule has 0 radical (unpaired) electrons. The lowest BCUT2D eigenvalue weighted by Gasteiger charge is -2.06. The normalized spacial score (nSPS) is 11.0. The molecule has 0 unspecified atom stereocenters. The van der Waals surface area contributed by atoms with E-state index in [2.05, 4.69) is 72.7 Å². The van der Waals surface area contributed by atoms with Gasteiger partial charge >= 0.3 is 6.01 Å². The van der Waals surface area contributed by atoms with E-state index in [1.165, 1.54) is 11.1 Å². The lowest BCUT2D eigenvalue weighted by molar-refractivity contribution is -0.115. The van der Waals surface area contributed by atoms with Crippen molar-refractivity contribution in [1.82, 2.24) is 10.2 Å². The van der Waals surface area contributed by atoms with Crippen molar-refractivity contribution in [3.05, 3.63) is 76.7 Å². The lowest BCUT2D eigenvalue weighted by atomic mass is 10.0. The van der Waals surface area contributed by atoms with Crippen molar-refractivity contribution in [2.45, 2.75) is 46.0 Å². The molecule has 140 valence electrons. The van der Waals surface area contributed by atoms with Gasteiger partial charge in [0.05, 0.1) is 12.8 Å². The van der Waals surface area contributed by atoms with Crippen molar-refractivity contribution in [2.24, 2.45) is 0 Å². The number of nitrogens with zero attached hydrogens (tertiary/aromatic N) is 2. The number of carbonyl (C=O) groups excluding carboxylic acids is 1. The maximum Gasteiger partial charge on any atom is 0.322 e. The number of aryl methyl sites for hydroxylation is 1. The number of amides is 1. The first-order chi connectivity index (χ1) is 13.0. The highest BCUT2D eigenvalue weighted by Crippen LogP contribution is 2.16. The topological polar surface area (TPSA) is 68.0 Å². The number of aromatic nitrogens is 2. The molecule has 1 N–H and O–H groups in total. The second-order valence-electron chi connectivity index (χ2n) is 6.97. The fourth-order valence-corrected chi connectivity index (χ4v) is 2.81. The van der Waals surface area contributed by atoms with E-state index in [0.717, 1.165) is 17.5 Å². The largest absolute Gasteiger partial charge is 0.407 e. The summed E-state index contributed by atoms with van der Waals surface area (Å²) in [6.45, 7) is 6.42. The van der Waals surface area contributed by atoms with E-state index < -0.39 is 0 Å². The molecule has 0 saturated heterocycles. The first kappa shape index (κ1) is 18.8. The van der Waals surface area contributed by atoms with Crippen LogP contribution in [0.15, 0.2) is 52.9 Å². The average molecular weight is 363 g/mol. The maximum absolute atomic E-state index is 12.2. The van der Waals surface area contributed by atoms with Gasteiger partial charge in [-0.2, -0.15) is 0 Å². The number of rotatable bonds is 7. The molecule has 2 aromatic carbocycles. The van der Waals surface area contributed by atoms with Crippen LogP contribution in [0.5, 0.6) is 0 Å². The Morgan fingerprint density at radius 1 is 0.963 bits per heavy atom. The maximum atomic E-state index is 12.2. The van der Waals surface area contributed by atoms with Gasteiger partial charge in [-0.25, -0.2) is 0 Å². The lowest BCUT2D eigenvalue weighted by Crippen LogP contribution is -2.14. The zero-order chi connectivity index (χ0) is 19.2. The molecule has 0 aliphatic rings. The van der Waals surface area contributed by atoms with Gasteiger partial charge in [0.1, 0.15) is 0 Å². The Bertz CT molecular complexity index is 881. The molecule has 0 saturated carbocycles. The molecule has 1 amide bonds. The van der Waals surface area contributed by atoms with Crippen molar-refractivity contribution in [3.63, 3.8) is 0 Å². The number of hydrogen-bond acceptors (Lipinski definition) is 4. The van der Waals surface area contributed by atoms with Crippen LogP contribution in [0.1, 0.15) is 54.8 Å². The predicted molar refractivity (Wildman–Crippen MR) is 106 cm³/mol. The van der Waals surface area contributed by atoms with Gasteiger partial charge in [-0.1, -0.05) is 74.4 Å². The Kier molecular flexibility index (Phi) is 6.01. The van der Waals surface area contributed by atoms with Crippen molar-refractivity contribution in [1.29, 1.82) is 0 Å². The minimum Gasteiger partial charge on any atom is -0.407 e. The summed E-state index contributed by atoms with van der Waals surface area (Å²) in [4.78, 5) is 12.2. The molecule has 1 aromatic heterocycles. The van der Waals surface area contributed by atoms with Crippen LogP contribution >= 0.6 is 0 Å². The van der Waals surface area contributed by atoms with Gasteiger partial charge in [-0.05, 0) is 34.6 Å². The van der Waals surface area contributed by atoms with Crippen molar-refractivity contribution in [3.8, 4) is 0 Å². The molecule has 0 spiro atoms. The highest BCUT2D eigenvalue weighted by Gasteiger charge is 2.11. The summed E-state index contributed by atoms with van der Waals surface area (Å²) in [6, 6.07) is 16.5. The van der Waals surface area contributed by atoms with Gasteiger partial charge in [-0.3, -0.25) is 10.1 Å². The highest BCUT2D eigenvalue weighted by molar-refractivity contribution is 5.90. The van der Waals surface area contributed by atoms with Gasteiger partial charge in [0, 0.05) is 0 Å². The molecule has 0 fully saturated rings. The minimum absolute atomic E-state index is 0.138. The molecular formula is C22H25N3O2. The van der Waals surface area contributed by atoms with Crippen molar-refractivity contribution < 1.29 is 9.21 Å². The molecule has 3 rings (SSSR count). The van der Waals surface area contributed by atoms with Crippen molar-refractivity contribution >= 4 is 11.9 Å². The van der Waals surface area contributed by atoms with Gasteiger partial charge in [-0.15, -0.1) is 5.10 Å². The third-order valence-electron chi connectivity index (χ3n) is 4.51. The molecule has 0 atom stereocenters. The minimum atomic E-state index is -0.171. The summed E-state index contributed by atoms with van der Waals surface area (Å²) in [5, 5.41) is 10.6. The molecular weight excluding hydrogens is 338 g/mol. The fourth-order valence-electron chi connectivity index (χ4n) is 2.81. The number of hydrogen-bond donors (Lipinski definition) is 1. The number of carbonyl (C=O) groups is 1. The Balaban J connectivity index is 1.55. The molecule has 0 bridgehead atoms. The quantitative estimate of drug-likeness (QED) is 0.670. The molecule has 1 heterocycles. The Hall–Kier alpha value is -2.95. The predicted octanol–water partition coefficient (Wildman–Crippen LogP) is 4.53. The summed E-state index contributed by atoms with van der Waals surface area (Å²) >= 11 is 0. The van der Waals surface area contributed by atoms with Gasteiger partial charge in [0.2, 0.25) is 11.8 Å². The van der Waals surface area contributed by atoms with Crippen molar-refractivity contribution in [2.75, 3.05) is 5.32 Å². The van der Waals surface area contributed by atoms with Crippen LogP contribution in [-0.2, 0) is 24.1 Å². The number of anilines is 1. The van der Waals surface area contributed by atoms with Crippen LogP contribution in [-0.4, -0.2) is 16.1 Å². The Morgan fingerprint density at radius 2 is 1.59 bits per heavy atom. The number of benzene rings is 2. The average Bonchev–Trinajstić information content (AvgIpc) is 3.09. The highest BCUT2D eigenvalue weighted by atomic mass is 16.4. The summed E-state index contributed by atoms with van der Waals surface area (Å²) in [5.74, 6) is 0.786. The van der Waals surface area contributed by atoms with E-state index in [4.69, 9.17) is 4.42 Å². The van der Waals surface area contributed by atoms with Gasteiger partial charge in [0.25, 0.3) is 0 Å². The van der Waals surface area contributed by atoms with E-state index in [0.29, 0.717) is 18.2 Å². The van der Waals surface area contributed by atoms with E-state index in [9.17, 15) is 4.79 Å². The summed E-state index contributed by atoms with van der Waals surface area (Å²) in [7, 11) is 0. The molecule has 5 nitrogen and oxygen atoms in total. The van der Waals surface area contributed by atoms with Gasteiger partial charge in [0.15, 0.2) is 0 Å². The van der Waals surface area contributed by atoms with Crippen LogP contribution in [0.25, 0.3) is 0 Å². The summed E-state index contributed by atoms with van der Waals surface area (Å²) in [5.41, 5.74) is 4.60. The first-order valence-electron chi connectivity index (χ1n) is 9.32. The smallest absolute Gasteiger partial charge is 0.322 e. The van der Waals surface area contributed by atoms with Crippen LogP contribution < -0.4 is 5.32 Å². The second-order valence-corrected chi connectivity index (χ2v) is 6.97. The third kappa shape index (κ3) is 5.26. The Labute approximate surface area is 159 Å². The van der Waals surface area contributed by atoms with Crippen LogP contribution in [0, 0.1) is 0 Å². The van der Waals surface area contributed by atoms with E-state index >= 15 is 0 Å². The van der Waals surface area contributed by atoms with Crippen LogP contribution in [0.4, 0.5) is 6.01 Å². The fraction of sp³-hybridized carbons (Fsp3) is 0.318. The first-order valence-corrected chi connectivity index (χ1v) is 9.32. The summed E-state index contributed by atoms with van der Waals surface area (Å²) < 4.78 is 5.55. The standard InChI is InChI=1S/C22H25N3O2/c1-4-16-5-7-18(8-6-16)14-21-24-25-22(27-21)23-20(26)13-17-9-11-19(12-10-17)15(2)3/h5-12,15H,4,13-14H2,1-3H3,(H,23,25,26). The third-order valence-corrected chi connectivity index (χ3v) is 4.51. The van der Waals surface area contributed by atoms with Crippen LogP contribution in [0.2, 0.25) is 0 Å². The van der Waals surface area contributed by atoms with Gasteiger partial charge < -0.3 is 4.42 Å². The second kappa shape index (κ2) is 8.62. The SMILES string of the molecule is CCc1ccc(Cc2nnc(NC(=O)Cc3ccc(C(C)C)cc3)o2)cc1. The molecule has 5 heteroatoms. The zero-order valence-corrected chi connectivity index (χ0v) is 16.0. The molecule has 0 aliphatic carbocycles. The van der Waals surface area contributed by atoms with E-state index in [1.54, 1.807) is 0 Å². The molecule has 27 heavy (non-hydrogen) atoms. The monoisotopic (exact) mass is 363 g/mol. The molecule has 3 aromatic rings. The van der Waals surface area contributed by atoms with Crippen LogP contribution in [0.3, 0.4) is 0 Å². The zero-order valence-electron chi connectivity index (χ0n) is 16.0. The van der Waals surface area contributed by atoms with E-state index in [-0.39, 0.29) is 18.3 Å². The van der Waals surface area contributed by atoms with E-state index in [1.807, 2.05) is 12.1 Å².